The highest BCUT2D eigenvalue weighted by Gasteiger charge is 2.12. The van der Waals surface area contributed by atoms with E-state index in [9.17, 15) is 4.79 Å². The third kappa shape index (κ3) is 1.55. The first-order valence-corrected chi connectivity index (χ1v) is 4.16. The number of hydrogen-bond donors (Lipinski definition) is 1. The number of nitrogens with one attached hydrogen (secondary N) is 1. The van der Waals surface area contributed by atoms with Crippen LogP contribution < -0.4 is 0 Å². The summed E-state index contributed by atoms with van der Waals surface area (Å²) in [5.74, 6) is -0.314. The van der Waals surface area contributed by atoms with Crippen LogP contribution in [0.25, 0.3) is 0 Å². The van der Waals surface area contributed by atoms with Crippen molar-refractivity contribution in [3.05, 3.63) is 21.0 Å². The fraction of sp³-hybridized carbons (Fsp3) is 0.286. The van der Waals surface area contributed by atoms with Crippen LogP contribution in [0.15, 0.2) is 6.20 Å². The van der Waals surface area contributed by atoms with Crippen LogP contribution in [0.2, 0.25) is 0 Å². The first-order valence-electron chi connectivity index (χ1n) is 3.08. The molecule has 60 valence electrons. The lowest BCUT2D eigenvalue weighted by Crippen LogP contribution is -2.03. The number of H-pyrrole nitrogens is 1. The minimum atomic E-state index is -0.314. The minimum Gasteiger partial charge on any atom is -0.464 e. The van der Waals surface area contributed by atoms with Crippen LogP contribution in [0.5, 0.6) is 0 Å². The molecule has 0 unspecified atom stereocenters. The molecule has 4 heteroatoms. The van der Waals surface area contributed by atoms with E-state index in [2.05, 4.69) is 32.3 Å². The number of rotatable bonds is 1. The number of hydrogen-bond acceptors (Lipinski definition) is 2. The highest BCUT2D eigenvalue weighted by molar-refractivity contribution is 14.1. The third-order valence-electron chi connectivity index (χ3n) is 1.47. The van der Waals surface area contributed by atoms with Crippen molar-refractivity contribution >= 4 is 28.6 Å². The van der Waals surface area contributed by atoms with Crippen LogP contribution in [-0.2, 0) is 4.74 Å². The summed E-state index contributed by atoms with van der Waals surface area (Å²) < 4.78 is 5.60. The standard InChI is InChI=1S/C7H8INO2/c1-4-5(8)3-9-6(4)7(10)11-2/h3,9H,1-2H3. The van der Waals surface area contributed by atoms with Gasteiger partial charge in [-0.15, -0.1) is 0 Å². The Labute approximate surface area is 78.3 Å². The van der Waals surface area contributed by atoms with Crippen LogP contribution in [0.1, 0.15) is 16.1 Å². The van der Waals surface area contributed by atoms with Crippen molar-refractivity contribution in [2.45, 2.75) is 6.92 Å². The Hall–Kier alpha value is -0.520. The number of ether oxygens (including phenoxy) is 1. The summed E-state index contributed by atoms with van der Waals surface area (Å²) in [5.41, 5.74) is 1.48. The molecule has 0 radical (unpaired) electrons. The van der Waals surface area contributed by atoms with Crippen molar-refractivity contribution in [2.75, 3.05) is 7.11 Å². The van der Waals surface area contributed by atoms with Crippen molar-refractivity contribution in [3.8, 4) is 0 Å². The number of aromatic amines is 1. The van der Waals surface area contributed by atoms with Gasteiger partial charge in [-0.25, -0.2) is 4.79 Å². The van der Waals surface area contributed by atoms with Crippen molar-refractivity contribution in [1.82, 2.24) is 4.98 Å². The molecule has 0 amide bonds. The molecule has 1 rings (SSSR count). The van der Waals surface area contributed by atoms with E-state index >= 15 is 0 Å². The summed E-state index contributed by atoms with van der Waals surface area (Å²) in [5, 5.41) is 0. The lowest BCUT2D eigenvalue weighted by Gasteiger charge is -1.95. The van der Waals surface area contributed by atoms with Crippen LogP contribution in [0.3, 0.4) is 0 Å². The number of methoxy groups -OCH3 is 1. The Morgan fingerprint density at radius 2 is 2.36 bits per heavy atom. The van der Waals surface area contributed by atoms with E-state index in [1.54, 1.807) is 6.20 Å². The topological polar surface area (TPSA) is 42.1 Å². The average Bonchev–Trinajstić information content (AvgIpc) is 2.32. The lowest BCUT2D eigenvalue weighted by atomic mass is 10.3. The van der Waals surface area contributed by atoms with Gasteiger partial charge in [0.25, 0.3) is 0 Å². The molecule has 0 aromatic carbocycles. The first kappa shape index (κ1) is 8.58. The van der Waals surface area contributed by atoms with Gasteiger partial charge >= 0.3 is 5.97 Å². The van der Waals surface area contributed by atoms with Gasteiger partial charge in [0.15, 0.2) is 0 Å². The molecule has 0 spiro atoms. The van der Waals surface area contributed by atoms with Crippen molar-refractivity contribution in [1.29, 1.82) is 0 Å². The van der Waals surface area contributed by atoms with Crippen LogP contribution >= 0.6 is 22.6 Å². The van der Waals surface area contributed by atoms with E-state index in [-0.39, 0.29) is 5.97 Å². The molecule has 0 aliphatic carbocycles. The van der Waals surface area contributed by atoms with Gasteiger partial charge in [-0.2, -0.15) is 0 Å². The number of carbonyl (C=O) groups is 1. The van der Waals surface area contributed by atoms with E-state index in [1.165, 1.54) is 7.11 Å². The van der Waals surface area contributed by atoms with E-state index in [1.807, 2.05) is 6.92 Å². The maximum absolute atomic E-state index is 11.0. The van der Waals surface area contributed by atoms with E-state index in [0.717, 1.165) is 9.13 Å². The van der Waals surface area contributed by atoms with Gasteiger partial charge in [-0.05, 0) is 35.1 Å². The fourth-order valence-electron chi connectivity index (χ4n) is 0.786. The molecule has 0 fully saturated rings. The molecule has 1 heterocycles. The molecule has 0 aliphatic rings. The molecule has 1 aromatic heterocycles. The lowest BCUT2D eigenvalue weighted by molar-refractivity contribution is 0.0594. The Morgan fingerprint density at radius 3 is 2.73 bits per heavy atom. The van der Waals surface area contributed by atoms with E-state index in [4.69, 9.17) is 0 Å². The van der Waals surface area contributed by atoms with Gasteiger partial charge in [-0.1, -0.05) is 0 Å². The van der Waals surface area contributed by atoms with E-state index < -0.39 is 0 Å². The van der Waals surface area contributed by atoms with Crippen LogP contribution in [0.4, 0.5) is 0 Å². The molecular formula is C7H8INO2. The van der Waals surface area contributed by atoms with Crippen molar-refractivity contribution < 1.29 is 9.53 Å². The summed E-state index contributed by atoms with van der Waals surface area (Å²) in [6.07, 6.45) is 1.78. The molecular weight excluding hydrogens is 257 g/mol. The second-order valence-electron chi connectivity index (χ2n) is 2.13. The van der Waals surface area contributed by atoms with Crippen molar-refractivity contribution in [3.63, 3.8) is 0 Å². The Balaban J connectivity index is 3.04. The monoisotopic (exact) mass is 265 g/mol. The van der Waals surface area contributed by atoms with Gasteiger partial charge in [0.05, 0.1) is 7.11 Å². The number of carbonyl (C=O) groups excluding carboxylic acids is 1. The van der Waals surface area contributed by atoms with Gasteiger partial charge in [0, 0.05) is 9.77 Å². The van der Waals surface area contributed by atoms with Gasteiger partial charge in [-0.3, -0.25) is 0 Å². The first-order chi connectivity index (χ1) is 5.16. The zero-order valence-corrected chi connectivity index (χ0v) is 8.43. The van der Waals surface area contributed by atoms with Gasteiger partial charge < -0.3 is 9.72 Å². The molecule has 1 N–H and O–H groups in total. The minimum absolute atomic E-state index is 0.314. The number of aromatic nitrogens is 1. The maximum atomic E-state index is 11.0. The SMILES string of the molecule is COC(=O)c1[nH]cc(I)c1C. The molecule has 11 heavy (non-hydrogen) atoms. The molecule has 0 aliphatic heterocycles. The van der Waals surface area contributed by atoms with Crippen LogP contribution in [0, 0.1) is 10.5 Å². The van der Waals surface area contributed by atoms with Gasteiger partial charge in [0.1, 0.15) is 5.69 Å². The Bertz CT molecular complexity index is 280. The zero-order valence-electron chi connectivity index (χ0n) is 6.27. The van der Waals surface area contributed by atoms with Gasteiger partial charge in [0.2, 0.25) is 0 Å². The largest absolute Gasteiger partial charge is 0.464 e. The second-order valence-corrected chi connectivity index (χ2v) is 3.29. The summed E-state index contributed by atoms with van der Waals surface area (Å²) in [7, 11) is 1.37. The van der Waals surface area contributed by atoms with E-state index in [0.29, 0.717) is 5.69 Å². The number of esters is 1. The predicted octanol–water partition coefficient (Wildman–Crippen LogP) is 1.71. The number of halogens is 1. The Morgan fingerprint density at radius 1 is 1.73 bits per heavy atom. The maximum Gasteiger partial charge on any atom is 0.354 e. The molecule has 3 nitrogen and oxygen atoms in total. The summed E-state index contributed by atoms with van der Waals surface area (Å²) in [6.45, 7) is 1.88. The molecule has 0 saturated heterocycles. The average molecular weight is 265 g/mol. The van der Waals surface area contributed by atoms with Crippen LogP contribution in [-0.4, -0.2) is 18.1 Å². The molecule has 0 atom stereocenters. The normalized spacial score (nSPS) is 9.73. The summed E-state index contributed by atoms with van der Waals surface area (Å²) in [4.78, 5) is 13.8. The molecule has 1 aromatic rings. The predicted molar refractivity (Wildman–Crippen MR) is 49.6 cm³/mol. The van der Waals surface area contributed by atoms with Crippen molar-refractivity contribution in [2.24, 2.45) is 0 Å². The molecule has 0 saturated carbocycles. The third-order valence-corrected chi connectivity index (χ3v) is 2.59. The second kappa shape index (κ2) is 3.25. The fourth-order valence-corrected chi connectivity index (χ4v) is 1.21. The smallest absolute Gasteiger partial charge is 0.354 e. The Kier molecular flexibility index (Phi) is 2.53. The zero-order chi connectivity index (χ0) is 8.43. The molecule has 0 bridgehead atoms. The highest BCUT2D eigenvalue weighted by Crippen LogP contribution is 2.15. The summed E-state index contributed by atoms with van der Waals surface area (Å²) >= 11 is 2.16. The summed E-state index contributed by atoms with van der Waals surface area (Å²) in [6, 6.07) is 0. The highest BCUT2D eigenvalue weighted by atomic mass is 127. The quantitative estimate of drug-likeness (QED) is 0.620.